The maximum atomic E-state index is 11.8. The molecule has 1 aliphatic heterocycles. The normalized spacial score (nSPS) is 21.6. The minimum atomic E-state index is -1.37. The zero-order valence-corrected chi connectivity index (χ0v) is 10.8. The molecule has 1 fully saturated rings. The van der Waals surface area contributed by atoms with Gasteiger partial charge in [0.1, 0.15) is 0 Å². The molecule has 0 aromatic rings. The highest BCUT2D eigenvalue weighted by Crippen LogP contribution is 2.17. The van der Waals surface area contributed by atoms with Gasteiger partial charge in [-0.15, -0.1) is 0 Å². The molecule has 19 heavy (non-hydrogen) atoms. The fourth-order valence-corrected chi connectivity index (χ4v) is 1.92. The van der Waals surface area contributed by atoms with Crippen molar-refractivity contribution in [1.29, 1.82) is 0 Å². The van der Waals surface area contributed by atoms with Crippen molar-refractivity contribution >= 4 is 18.0 Å². The third-order valence-corrected chi connectivity index (χ3v) is 3.04. The number of nitrogens with one attached hydrogen (secondary N) is 1. The van der Waals surface area contributed by atoms with E-state index in [-0.39, 0.29) is 18.4 Å². The second kappa shape index (κ2) is 6.37. The number of carboxylic acid groups (broad SMARTS) is 1. The molecule has 1 aliphatic rings. The van der Waals surface area contributed by atoms with Gasteiger partial charge in [0, 0.05) is 13.1 Å². The van der Waals surface area contributed by atoms with Gasteiger partial charge in [-0.2, -0.15) is 0 Å². The largest absolute Gasteiger partial charge is 0.480 e. The van der Waals surface area contributed by atoms with Gasteiger partial charge in [0.2, 0.25) is 0 Å². The number of hydrogen-bond acceptors (Lipinski definition) is 5. The molecule has 0 saturated carbocycles. The lowest BCUT2D eigenvalue weighted by atomic mass is 10.1. The van der Waals surface area contributed by atoms with E-state index in [0.717, 1.165) is 0 Å². The monoisotopic (exact) mass is 274 g/mol. The Labute approximate surface area is 110 Å². The average Bonchev–Trinajstić information content (AvgIpc) is 2.83. The van der Waals surface area contributed by atoms with E-state index in [1.54, 1.807) is 0 Å². The molecule has 1 unspecified atom stereocenters. The van der Waals surface area contributed by atoms with Crippen molar-refractivity contribution in [1.82, 2.24) is 10.2 Å². The van der Waals surface area contributed by atoms with Gasteiger partial charge in [-0.05, 0) is 13.3 Å². The van der Waals surface area contributed by atoms with Crippen molar-refractivity contribution in [2.45, 2.75) is 25.5 Å². The molecule has 1 heterocycles. The van der Waals surface area contributed by atoms with Crippen LogP contribution in [0.25, 0.3) is 0 Å². The van der Waals surface area contributed by atoms with E-state index < -0.39 is 24.1 Å². The highest BCUT2D eigenvalue weighted by atomic mass is 16.5. The number of aliphatic hydroxyl groups excluding tert-OH is 1. The maximum absolute atomic E-state index is 11.8. The Kier molecular flexibility index (Phi) is 5.11. The molecule has 1 saturated heterocycles. The molecule has 1 rings (SSSR count). The minimum Gasteiger partial charge on any atom is -0.480 e. The number of urea groups is 1. The summed E-state index contributed by atoms with van der Waals surface area (Å²) in [5, 5.41) is 20.3. The highest BCUT2D eigenvalue weighted by Gasteiger charge is 2.34. The summed E-state index contributed by atoms with van der Waals surface area (Å²) in [6.07, 6.45) is -0.729. The Morgan fingerprint density at radius 1 is 1.42 bits per heavy atom. The number of amides is 2. The Morgan fingerprint density at radius 3 is 2.53 bits per heavy atom. The molecular formula is C11H18N2O6. The van der Waals surface area contributed by atoms with Crippen LogP contribution in [0.1, 0.15) is 13.3 Å². The number of aliphatic hydroxyl groups is 1. The maximum Gasteiger partial charge on any atom is 0.328 e. The predicted molar refractivity (Wildman–Crippen MR) is 63.3 cm³/mol. The summed E-state index contributed by atoms with van der Waals surface area (Å²) < 4.78 is 4.59. The number of rotatable bonds is 4. The molecule has 3 atom stereocenters. The second-order valence-electron chi connectivity index (χ2n) is 4.46. The SMILES string of the molecule is COC(=O)C1CCN(C(=O)N[C@H](C(=O)O)[C@@H](C)O)C1. The molecule has 0 spiro atoms. The van der Waals surface area contributed by atoms with Crippen LogP contribution < -0.4 is 5.32 Å². The van der Waals surface area contributed by atoms with Gasteiger partial charge in [-0.1, -0.05) is 0 Å². The van der Waals surface area contributed by atoms with Crippen molar-refractivity contribution in [2.75, 3.05) is 20.2 Å². The van der Waals surface area contributed by atoms with Gasteiger partial charge in [0.05, 0.1) is 19.1 Å². The number of ether oxygens (including phenoxy) is 1. The zero-order valence-electron chi connectivity index (χ0n) is 10.8. The topological polar surface area (TPSA) is 116 Å². The number of nitrogens with zero attached hydrogens (tertiary/aromatic N) is 1. The highest BCUT2D eigenvalue weighted by molar-refractivity contribution is 5.84. The molecule has 8 heteroatoms. The Hall–Kier alpha value is -1.83. The van der Waals surface area contributed by atoms with Crippen molar-refractivity contribution in [2.24, 2.45) is 5.92 Å². The van der Waals surface area contributed by atoms with Crippen LogP contribution in [0, 0.1) is 5.92 Å². The van der Waals surface area contributed by atoms with Crippen LogP contribution in [0.15, 0.2) is 0 Å². The fraction of sp³-hybridized carbons (Fsp3) is 0.727. The van der Waals surface area contributed by atoms with Gasteiger partial charge in [-0.25, -0.2) is 9.59 Å². The molecule has 108 valence electrons. The van der Waals surface area contributed by atoms with Gasteiger partial charge in [-0.3, -0.25) is 4.79 Å². The molecule has 3 N–H and O–H groups in total. The van der Waals surface area contributed by atoms with E-state index in [1.807, 2.05) is 0 Å². The molecule has 0 aromatic heterocycles. The quantitative estimate of drug-likeness (QED) is 0.568. The number of hydrogen-bond donors (Lipinski definition) is 3. The van der Waals surface area contributed by atoms with Crippen LogP contribution in [0.4, 0.5) is 4.79 Å². The Bertz CT molecular complexity index is 370. The van der Waals surface area contributed by atoms with E-state index in [2.05, 4.69) is 10.1 Å². The lowest BCUT2D eigenvalue weighted by Crippen LogP contribution is -2.52. The van der Waals surface area contributed by atoms with E-state index in [9.17, 15) is 19.5 Å². The molecule has 0 aromatic carbocycles. The lowest BCUT2D eigenvalue weighted by Gasteiger charge is -2.22. The standard InChI is InChI=1S/C11H18N2O6/c1-6(14)8(9(15)16)12-11(18)13-4-3-7(5-13)10(17)19-2/h6-8,14H,3-5H2,1-2H3,(H,12,18)(H,15,16)/t6-,7?,8+/m1/s1. The van der Waals surface area contributed by atoms with Gasteiger partial charge >= 0.3 is 18.0 Å². The smallest absolute Gasteiger partial charge is 0.328 e. The van der Waals surface area contributed by atoms with Crippen molar-refractivity contribution in [3.8, 4) is 0 Å². The number of carbonyl (C=O) groups is 3. The number of esters is 1. The first-order valence-corrected chi connectivity index (χ1v) is 5.91. The number of methoxy groups -OCH3 is 1. The summed E-state index contributed by atoms with van der Waals surface area (Å²) in [4.78, 5) is 35.3. The lowest BCUT2D eigenvalue weighted by molar-refractivity contribution is -0.145. The van der Waals surface area contributed by atoms with E-state index >= 15 is 0 Å². The predicted octanol–water partition coefficient (Wildman–Crippen LogP) is -0.975. The molecule has 0 bridgehead atoms. The van der Waals surface area contributed by atoms with E-state index in [1.165, 1.54) is 18.9 Å². The molecule has 0 radical (unpaired) electrons. The first-order valence-electron chi connectivity index (χ1n) is 5.91. The molecule has 0 aliphatic carbocycles. The summed E-state index contributed by atoms with van der Waals surface area (Å²) >= 11 is 0. The first-order chi connectivity index (χ1) is 8.86. The van der Waals surface area contributed by atoms with Crippen LogP contribution in [0.3, 0.4) is 0 Å². The molecule has 8 nitrogen and oxygen atoms in total. The third-order valence-electron chi connectivity index (χ3n) is 3.04. The van der Waals surface area contributed by atoms with Gasteiger partial charge < -0.3 is 25.2 Å². The van der Waals surface area contributed by atoms with Gasteiger partial charge in [0.15, 0.2) is 6.04 Å². The summed E-state index contributed by atoms with van der Waals surface area (Å²) in [5.41, 5.74) is 0. The number of carbonyl (C=O) groups excluding carboxylic acids is 2. The van der Waals surface area contributed by atoms with Crippen molar-refractivity contribution in [3.05, 3.63) is 0 Å². The van der Waals surface area contributed by atoms with Crippen LogP contribution in [0.5, 0.6) is 0 Å². The third kappa shape index (κ3) is 3.82. The summed E-state index contributed by atoms with van der Waals surface area (Å²) in [5.74, 6) is -2.08. The number of aliphatic carboxylic acids is 1. The number of carboxylic acids is 1. The zero-order chi connectivity index (χ0) is 14.6. The van der Waals surface area contributed by atoms with E-state index in [0.29, 0.717) is 13.0 Å². The Balaban J connectivity index is 2.56. The summed E-state index contributed by atoms with van der Waals surface area (Å²) in [7, 11) is 1.28. The summed E-state index contributed by atoms with van der Waals surface area (Å²) in [6, 6.07) is -1.98. The minimum absolute atomic E-state index is 0.185. The molecular weight excluding hydrogens is 256 g/mol. The van der Waals surface area contributed by atoms with Gasteiger partial charge in [0.25, 0.3) is 0 Å². The molecule has 2 amide bonds. The van der Waals surface area contributed by atoms with E-state index in [4.69, 9.17) is 5.11 Å². The second-order valence-corrected chi connectivity index (χ2v) is 4.46. The average molecular weight is 274 g/mol. The number of likely N-dealkylation sites (tertiary alicyclic amines) is 1. The van der Waals surface area contributed by atoms with Crippen molar-refractivity contribution in [3.63, 3.8) is 0 Å². The Morgan fingerprint density at radius 2 is 2.05 bits per heavy atom. The fourth-order valence-electron chi connectivity index (χ4n) is 1.92. The van der Waals surface area contributed by atoms with Crippen molar-refractivity contribution < 1.29 is 29.3 Å². The van der Waals surface area contributed by atoms with Crippen LogP contribution in [0.2, 0.25) is 0 Å². The van der Waals surface area contributed by atoms with Crippen LogP contribution >= 0.6 is 0 Å². The van der Waals surface area contributed by atoms with Crippen LogP contribution in [-0.4, -0.2) is 65.4 Å². The summed E-state index contributed by atoms with van der Waals surface area (Å²) in [6.45, 7) is 1.81. The van der Waals surface area contributed by atoms with Crippen LogP contribution in [-0.2, 0) is 14.3 Å². The first kappa shape index (κ1) is 15.2.